The van der Waals surface area contributed by atoms with Crippen LogP contribution < -0.4 is 9.64 Å². The lowest BCUT2D eigenvalue weighted by molar-refractivity contribution is -0.132. The van der Waals surface area contributed by atoms with Gasteiger partial charge in [-0.05, 0) is 73.0 Å². The van der Waals surface area contributed by atoms with Crippen LogP contribution in [0.25, 0.3) is 5.76 Å². The number of hydrogen-bond acceptors (Lipinski definition) is 5. The number of carbonyl (C=O) groups excluding carboxylic acids is 2. The van der Waals surface area contributed by atoms with E-state index in [1.807, 2.05) is 6.92 Å². The van der Waals surface area contributed by atoms with E-state index in [0.717, 1.165) is 5.56 Å². The highest BCUT2D eigenvalue weighted by Gasteiger charge is 2.47. The summed E-state index contributed by atoms with van der Waals surface area (Å²) in [6.07, 6.45) is 3.06. The zero-order valence-electron chi connectivity index (χ0n) is 17.8. The van der Waals surface area contributed by atoms with Crippen molar-refractivity contribution in [1.29, 1.82) is 0 Å². The number of ether oxygens (including phenoxy) is 1. The summed E-state index contributed by atoms with van der Waals surface area (Å²) in [6.45, 7) is 3.60. The van der Waals surface area contributed by atoms with Crippen LogP contribution in [0.4, 0.5) is 10.1 Å². The van der Waals surface area contributed by atoms with Crippen LogP contribution in [0.3, 0.4) is 0 Å². The number of rotatable bonds is 4. The largest absolute Gasteiger partial charge is 0.507 e. The van der Waals surface area contributed by atoms with Crippen molar-refractivity contribution in [3.63, 3.8) is 0 Å². The van der Waals surface area contributed by atoms with Crippen LogP contribution in [0, 0.1) is 19.7 Å². The van der Waals surface area contributed by atoms with Crippen LogP contribution in [-0.2, 0) is 9.59 Å². The lowest BCUT2D eigenvalue weighted by Gasteiger charge is -2.25. The first-order valence-corrected chi connectivity index (χ1v) is 9.95. The number of aliphatic hydroxyl groups excluding tert-OH is 1. The maximum absolute atomic E-state index is 14.0. The smallest absolute Gasteiger partial charge is 0.300 e. The lowest BCUT2D eigenvalue weighted by atomic mass is 9.93. The summed E-state index contributed by atoms with van der Waals surface area (Å²) in [7, 11) is 1.55. The third-order valence-corrected chi connectivity index (χ3v) is 5.55. The fourth-order valence-corrected chi connectivity index (χ4v) is 4.00. The lowest BCUT2D eigenvalue weighted by Crippen LogP contribution is -2.29. The van der Waals surface area contributed by atoms with Crippen molar-refractivity contribution in [3.05, 3.63) is 94.6 Å². The van der Waals surface area contributed by atoms with Gasteiger partial charge in [-0.25, -0.2) is 4.39 Å². The second-order valence-electron chi connectivity index (χ2n) is 7.57. The van der Waals surface area contributed by atoms with E-state index in [9.17, 15) is 19.1 Å². The highest BCUT2D eigenvalue weighted by molar-refractivity contribution is 6.51. The molecule has 1 atom stereocenters. The Labute approximate surface area is 184 Å². The highest BCUT2D eigenvalue weighted by Crippen LogP contribution is 2.42. The molecule has 0 aliphatic carbocycles. The SMILES string of the molecule is COc1cc(C)c(/C(O)=C2\C(=O)C(=O)N(c3cccc(F)c3)C2c2ccncc2)cc1C. The number of amides is 1. The van der Waals surface area contributed by atoms with Gasteiger partial charge in [0.05, 0.1) is 18.7 Å². The van der Waals surface area contributed by atoms with Crippen molar-refractivity contribution >= 4 is 23.1 Å². The van der Waals surface area contributed by atoms with E-state index >= 15 is 0 Å². The van der Waals surface area contributed by atoms with Crippen LogP contribution in [0.1, 0.15) is 28.3 Å². The van der Waals surface area contributed by atoms with Gasteiger partial charge in [0.25, 0.3) is 11.7 Å². The molecule has 1 aliphatic rings. The quantitative estimate of drug-likeness (QED) is 0.374. The van der Waals surface area contributed by atoms with Crippen LogP contribution in [0.15, 0.2) is 66.5 Å². The van der Waals surface area contributed by atoms with Gasteiger partial charge in [-0.1, -0.05) is 6.07 Å². The first-order chi connectivity index (χ1) is 15.3. The summed E-state index contributed by atoms with van der Waals surface area (Å²) in [5.41, 5.74) is 2.57. The number of hydrogen-bond donors (Lipinski definition) is 1. The van der Waals surface area contributed by atoms with E-state index in [2.05, 4.69) is 4.98 Å². The molecule has 6 nitrogen and oxygen atoms in total. The summed E-state index contributed by atoms with van der Waals surface area (Å²) >= 11 is 0. The fraction of sp³-hybridized carbons (Fsp3) is 0.160. The number of aliphatic hydroxyl groups is 1. The minimum absolute atomic E-state index is 0.0712. The Kier molecular flexibility index (Phi) is 5.48. The normalized spacial score (nSPS) is 17.6. The van der Waals surface area contributed by atoms with Gasteiger partial charge in [-0.2, -0.15) is 0 Å². The van der Waals surface area contributed by atoms with Gasteiger partial charge < -0.3 is 9.84 Å². The molecule has 3 aromatic rings. The summed E-state index contributed by atoms with van der Waals surface area (Å²) in [5.74, 6) is -1.89. The monoisotopic (exact) mass is 432 g/mol. The number of ketones is 1. The summed E-state index contributed by atoms with van der Waals surface area (Å²) in [5, 5.41) is 11.3. The van der Waals surface area contributed by atoms with Crippen molar-refractivity contribution in [3.8, 4) is 5.75 Å². The predicted molar refractivity (Wildman–Crippen MR) is 118 cm³/mol. The van der Waals surface area contributed by atoms with Crippen LogP contribution in [0.5, 0.6) is 5.75 Å². The van der Waals surface area contributed by atoms with Crippen molar-refractivity contribution in [1.82, 2.24) is 4.98 Å². The van der Waals surface area contributed by atoms with Crippen molar-refractivity contribution < 1.29 is 23.8 Å². The van der Waals surface area contributed by atoms with Crippen LogP contribution >= 0.6 is 0 Å². The Balaban J connectivity index is 1.97. The first kappa shape index (κ1) is 21.2. The number of aryl methyl sites for hydroxylation is 2. The molecule has 4 rings (SSSR count). The minimum Gasteiger partial charge on any atom is -0.507 e. The Hall–Kier alpha value is -4.00. The molecule has 1 unspecified atom stereocenters. The Morgan fingerprint density at radius 1 is 1.06 bits per heavy atom. The van der Waals surface area contributed by atoms with Gasteiger partial charge in [0.15, 0.2) is 0 Å². The number of benzene rings is 2. The zero-order valence-corrected chi connectivity index (χ0v) is 17.8. The number of halogens is 1. The van der Waals surface area contributed by atoms with E-state index in [1.165, 1.54) is 35.5 Å². The number of carbonyl (C=O) groups is 2. The number of aromatic nitrogens is 1. The van der Waals surface area contributed by atoms with Gasteiger partial charge in [0.2, 0.25) is 0 Å². The molecule has 162 valence electrons. The summed E-state index contributed by atoms with van der Waals surface area (Å²) in [6, 6.07) is 11.3. The molecule has 0 bridgehead atoms. The number of Topliss-reactive ketones (excluding diaryl/α,β-unsaturated/α-hetero) is 1. The molecule has 0 radical (unpaired) electrons. The second-order valence-corrected chi connectivity index (χ2v) is 7.57. The van der Waals surface area contributed by atoms with E-state index < -0.39 is 23.5 Å². The Bertz CT molecular complexity index is 1250. The molecule has 0 saturated carbocycles. The van der Waals surface area contributed by atoms with E-state index in [0.29, 0.717) is 22.4 Å². The first-order valence-electron chi connectivity index (χ1n) is 9.95. The molecule has 7 heteroatoms. The number of methoxy groups -OCH3 is 1. The molecule has 1 fully saturated rings. The second kappa shape index (κ2) is 8.26. The third-order valence-electron chi connectivity index (χ3n) is 5.55. The van der Waals surface area contributed by atoms with E-state index in [-0.39, 0.29) is 17.0 Å². The van der Waals surface area contributed by atoms with Gasteiger partial charge in [0.1, 0.15) is 17.3 Å². The summed E-state index contributed by atoms with van der Waals surface area (Å²) in [4.78, 5) is 31.4. The van der Waals surface area contributed by atoms with Crippen molar-refractivity contribution in [2.45, 2.75) is 19.9 Å². The molecule has 32 heavy (non-hydrogen) atoms. The molecule has 0 spiro atoms. The molecule has 2 heterocycles. The maximum atomic E-state index is 14.0. The molecular formula is C25H21FN2O4. The van der Waals surface area contributed by atoms with E-state index in [1.54, 1.807) is 44.4 Å². The zero-order chi connectivity index (χ0) is 23.0. The van der Waals surface area contributed by atoms with Gasteiger partial charge in [-0.3, -0.25) is 19.5 Å². The number of nitrogens with zero attached hydrogens (tertiary/aromatic N) is 2. The standard InChI is InChI=1S/C25H21FN2O4/c1-14-12-20(32-3)15(2)11-19(14)23(29)21-22(16-7-9-27-10-8-16)28(25(31)24(21)30)18-6-4-5-17(26)13-18/h4-13,22,29H,1-3H3/b23-21+. The number of pyridine rings is 1. The van der Waals surface area contributed by atoms with Crippen LogP contribution in [0.2, 0.25) is 0 Å². The average Bonchev–Trinajstić information content (AvgIpc) is 3.05. The molecule has 1 aromatic heterocycles. The van der Waals surface area contributed by atoms with Gasteiger partial charge >= 0.3 is 0 Å². The molecule has 1 saturated heterocycles. The minimum atomic E-state index is -0.943. The molecule has 2 aromatic carbocycles. The number of anilines is 1. The Morgan fingerprint density at radius 3 is 2.44 bits per heavy atom. The molecular weight excluding hydrogens is 411 g/mol. The van der Waals surface area contributed by atoms with Crippen molar-refractivity contribution in [2.24, 2.45) is 0 Å². The van der Waals surface area contributed by atoms with Crippen molar-refractivity contribution in [2.75, 3.05) is 12.0 Å². The molecule has 1 N–H and O–H groups in total. The third kappa shape index (κ3) is 3.51. The summed E-state index contributed by atoms with van der Waals surface area (Å²) < 4.78 is 19.3. The Morgan fingerprint density at radius 2 is 1.78 bits per heavy atom. The van der Waals surface area contributed by atoms with Gasteiger partial charge in [0, 0.05) is 23.6 Å². The fourth-order valence-electron chi connectivity index (χ4n) is 4.00. The maximum Gasteiger partial charge on any atom is 0.300 e. The topological polar surface area (TPSA) is 79.7 Å². The van der Waals surface area contributed by atoms with E-state index in [4.69, 9.17) is 4.74 Å². The predicted octanol–water partition coefficient (Wildman–Crippen LogP) is 4.47. The molecule has 1 aliphatic heterocycles. The highest BCUT2D eigenvalue weighted by atomic mass is 19.1. The van der Waals surface area contributed by atoms with Gasteiger partial charge in [-0.15, -0.1) is 0 Å². The van der Waals surface area contributed by atoms with Crippen LogP contribution in [-0.4, -0.2) is 28.9 Å². The molecule has 1 amide bonds. The average molecular weight is 432 g/mol.